The molecule has 0 amide bonds. The maximum atomic E-state index is 10.8. The van der Waals surface area contributed by atoms with E-state index in [0.29, 0.717) is 13.0 Å². The first-order valence-electron chi connectivity index (χ1n) is 4.03. The molecule has 0 aliphatic carbocycles. The topological polar surface area (TPSA) is 62.1 Å². The van der Waals surface area contributed by atoms with E-state index in [4.69, 9.17) is 5.26 Å². The molecule has 4 heteroatoms. The van der Waals surface area contributed by atoms with Crippen LogP contribution < -0.4 is 5.32 Å². The zero-order chi connectivity index (χ0) is 9.40. The molecule has 4 nitrogen and oxygen atoms in total. The number of carbonyl (C=O) groups excluding carboxylic acids is 1. The Morgan fingerprint density at radius 2 is 2.33 bits per heavy atom. The fourth-order valence-corrected chi connectivity index (χ4v) is 0.700. The highest BCUT2D eigenvalue weighted by molar-refractivity contribution is 5.71. The Balaban J connectivity index is 3.53. The second kappa shape index (κ2) is 6.62. The van der Waals surface area contributed by atoms with Crippen molar-refractivity contribution in [2.45, 2.75) is 26.3 Å². The summed E-state index contributed by atoms with van der Waals surface area (Å²) in [7, 11) is 0. The van der Waals surface area contributed by atoms with E-state index < -0.39 is 0 Å². The molecule has 1 unspecified atom stereocenters. The van der Waals surface area contributed by atoms with Crippen molar-refractivity contribution in [2.75, 3.05) is 13.2 Å². The summed E-state index contributed by atoms with van der Waals surface area (Å²) in [5, 5.41) is 11.3. The highest BCUT2D eigenvalue weighted by atomic mass is 16.5. The largest absolute Gasteiger partial charge is 0.465 e. The van der Waals surface area contributed by atoms with E-state index in [2.05, 4.69) is 10.1 Å². The smallest absolute Gasteiger partial charge is 0.319 e. The molecule has 0 aliphatic rings. The lowest BCUT2D eigenvalue weighted by atomic mass is 10.2. The van der Waals surface area contributed by atoms with Gasteiger partial charge in [0.25, 0.3) is 0 Å². The monoisotopic (exact) mass is 170 g/mol. The van der Waals surface area contributed by atoms with E-state index in [-0.39, 0.29) is 18.6 Å². The van der Waals surface area contributed by atoms with Crippen LogP contribution in [0.2, 0.25) is 0 Å². The van der Waals surface area contributed by atoms with Crippen LogP contribution in [0.1, 0.15) is 20.3 Å². The van der Waals surface area contributed by atoms with Crippen LogP contribution in [-0.4, -0.2) is 25.2 Å². The minimum absolute atomic E-state index is 0.111. The molecule has 0 radical (unpaired) electrons. The lowest BCUT2D eigenvalue weighted by molar-refractivity contribution is -0.142. The number of nitriles is 1. The molecule has 0 saturated heterocycles. The summed E-state index contributed by atoms with van der Waals surface area (Å²) < 4.78 is 4.67. The van der Waals surface area contributed by atoms with Crippen molar-refractivity contribution in [3.8, 4) is 6.07 Å². The molecule has 0 aromatic carbocycles. The molecule has 0 rings (SSSR count). The number of hydrogen-bond donors (Lipinski definition) is 1. The zero-order valence-electron chi connectivity index (χ0n) is 7.46. The molecule has 1 atom stereocenters. The van der Waals surface area contributed by atoms with Crippen LogP contribution in [0.4, 0.5) is 0 Å². The van der Waals surface area contributed by atoms with Gasteiger partial charge < -0.3 is 4.74 Å². The van der Waals surface area contributed by atoms with Crippen LogP contribution >= 0.6 is 0 Å². The van der Waals surface area contributed by atoms with Gasteiger partial charge in [0.05, 0.1) is 25.3 Å². The number of nitrogens with one attached hydrogen (secondary N) is 1. The molecule has 0 aliphatic heterocycles. The molecule has 68 valence electrons. The standard InChI is InChI=1S/C8H14N2O2/c1-3-7(5-9)10-6-8(11)12-4-2/h7,10H,3-4,6H2,1-2H3. The molecule has 12 heavy (non-hydrogen) atoms. The summed E-state index contributed by atoms with van der Waals surface area (Å²) in [6, 6.07) is 1.78. The average Bonchev–Trinajstić information content (AvgIpc) is 2.07. The highest BCUT2D eigenvalue weighted by Crippen LogP contribution is 1.87. The van der Waals surface area contributed by atoms with Crippen molar-refractivity contribution in [3.63, 3.8) is 0 Å². The molecule has 0 fully saturated rings. The first-order valence-corrected chi connectivity index (χ1v) is 4.03. The van der Waals surface area contributed by atoms with Gasteiger partial charge in [0.15, 0.2) is 0 Å². The number of ether oxygens (including phenoxy) is 1. The van der Waals surface area contributed by atoms with Crippen molar-refractivity contribution in [1.29, 1.82) is 5.26 Å². The van der Waals surface area contributed by atoms with Gasteiger partial charge in [-0.15, -0.1) is 0 Å². The third kappa shape index (κ3) is 4.69. The number of nitrogens with zero attached hydrogens (tertiary/aromatic N) is 1. The Hall–Kier alpha value is -1.08. The van der Waals surface area contributed by atoms with E-state index in [1.165, 1.54) is 0 Å². The summed E-state index contributed by atoms with van der Waals surface area (Å²) in [6.07, 6.45) is 0.690. The number of hydrogen-bond acceptors (Lipinski definition) is 4. The molecule has 0 aromatic heterocycles. The zero-order valence-corrected chi connectivity index (χ0v) is 7.46. The number of carbonyl (C=O) groups is 1. The number of esters is 1. The van der Waals surface area contributed by atoms with Gasteiger partial charge >= 0.3 is 5.97 Å². The second-order valence-electron chi connectivity index (χ2n) is 2.28. The fourth-order valence-electron chi connectivity index (χ4n) is 0.700. The van der Waals surface area contributed by atoms with Crippen molar-refractivity contribution in [1.82, 2.24) is 5.32 Å². The average molecular weight is 170 g/mol. The summed E-state index contributed by atoms with van der Waals surface area (Å²) in [5.74, 6) is -0.314. The SMILES string of the molecule is CCOC(=O)CNC(C#N)CC. The second-order valence-corrected chi connectivity index (χ2v) is 2.28. The van der Waals surface area contributed by atoms with Gasteiger partial charge in [-0.05, 0) is 13.3 Å². The molecular weight excluding hydrogens is 156 g/mol. The Morgan fingerprint density at radius 3 is 2.75 bits per heavy atom. The summed E-state index contributed by atoms with van der Waals surface area (Å²) in [6.45, 7) is 4.12. The van der Waals surface area contributed by atoms with Crippen LogP contribution in [0.5, 0.6) is 0 Å². The van der Waals surface area contributed by atoms with Gasteiger partial charge in [-0.25, -0.2) is 0 Å². The lowest BCUT2D eigenvalue weighted by Gasteiger charge is -2.07. The van der Waals surface area contributed by atoms with E-state index in [1.807, 2.05) is 13.0 Å². The van der Waals surface area contributed by atoms with E-state index in [9.17, 15) is 4.79 Å². The maximum absolute atomic E-state index is 10.8. The molecule has 0 saturated carbocycles. The van der Waals surface area contributed by atoms with Crippen molar-refractivity contribution >= 4 is 5.97 Å². The molecule has 1 N–H and O–H groups in total. The van der Waals surface area contributed by atoms with Gasteiger partial charge in [-0.2, -0.15) is 5.26 Å². The normalized spacial score (nSPS) is 11.8. The van der Waals surface area contributed by atoms with Gasteiger partial charge in [-0.1, -0.05) is 6.92 Å². The van der Waals surface area contributed by atoms with Crippen LogP contribution in [0.3, 0.4) is 0 Å². The van der Waals surface area contributed by atoms with E-state index in [1.54, 1.807) is 6.92 Å². The van der Waals surface area contributed by atoms with Gasteiger partial charge in [0.2, 0.25) is 0 Å². The third-order valence-corrected chi connectivity index (χ3v) is 1.36. The summed E-state index contributed by atoms with van der Waals surface area (Å²) in [5.41, 5.74) is 0. The van der Waals surface area contributed by atoms with Crippen molar-refractivity contribution < 1.29 is 9.53 Å². The molecule has 0 spiro atoms. The predicted octanol–water partition coefficient (Wildman–Crippen LogP) is 0.441. The van der Waals surface area contributed by atoms with Crippen LogP contribution in [0, 0.1) is 11.3 Å². The van der Waals surface area contributed by atoms with Crippen LogP contribution in [-0.2, 0) is 9.53 Å². The summed E-state index contributed by atoms with van der Waals surface area (Å²) >= 11 is 0. The van der Waals surface area contributed by atoms with Gasteiger partial charge in [0, 0.05) is 0 Å². The van der Waals surface area contributed by atoms with Gasteiger partial charge in [-0.3, -0.25) is 10.1 Å². The Kier molecular flexibility index (Phi) is 6.02. The minimum atomic E-state index is -0.314. The van der Waals surface area contributed by atoms with E-state index >= 15 is 0 Å². The molecular formula is C8H14N2O2. The first-order chi connectivity index (χ1) is 5.74. The Bertz CT molecular complexity index is 174. The summed E-state index contributed by atoms with van der Waals surface area (Å²) in [4.78, 5) is 10.8. The highest BCUT2D eigenvalue weighted by Gasteiger charge is 2.06. The molecule has 0 heterocycles. The van der Waals surface area contributed by atoms with Gasteiger partial charge in [0.1, 0.15) is 0 Å². The van der Waals surface area contributed by atoms with Crippen LogP contribution in [0.25, 0.3) is 0 Å². The van der Waals surface area contributed by atoms with Crippen LogP contribution in [0.15, 0.2) is 0 Å². The maximum Gasteiger partial charge on any atom is 0.319 e. The third-order valence-electron chi connectivity index (χ3n) is 1.36. The Labute approximate surface area is 72.5 Å². The van der Waals surface area contributed by atoms with Crippen molar-refractivity contribution in [2.24, 2.45) is 0 Å². The van der Waals surface area contributed by atoms with E-state index in [0.717, 1.165) is 0 Å². The molecule has 0 bridgehead atoms. The molecule has 0 aromatic rings. The first kappa shape index (κ1) is 10.9. The Morgan fingerprint density at radius 1 is 1.67 bits per heavy atom. The predicted molar refractivity (Wildman–Crippen MR) is 44.3 cm³/mol. The minimum Gasteiger partial charge on any atom is -0.465 e. The lowest BCUT2D eigenvalue weighted by Crippen LogP contribution is -2.32. The quantitative estimate of drug-likeness (QED) is 0.608. The van der Waals surface area contributed by atoms with Crippen molar-refractivity contribution in [3.05, 3.63) is 0 Å². The fraction of sp³-hybridized carbons (Fsp3) is 0.750. The number of rotatable bonds is 5.